The van der Waals surface area contributed by atoms with Crippen LogP contribution in [-0.2, 0) is 9.59 Å². The number of rotatable bonds is 14. The Kier molecular flexibility index (Phi) is 12.4. The molecular weight excluding hydrogens is 631 g/mol. The van der Waals surface area contributed by atoms with Crippen LogP contribution < -0.4 is 20.7 Å². The molecule has 49 heavy (non-hydrogen) atoms. The lowest BCUT2D eigenvalue weighted by atomic mass is 10.1. The highest BCUT2D eigenvalue weighted by molar-refractivity contribution is 8.00. The van der Waals surface area contributed by atoms with Crippen molar-refractivity contribution in [2.75, 3.05) is 17.2 Å². The van der Waals surface area contributed by atoms with Crippen molar-refractivity contribution in [3.05, 3.63) is 161 Å². The van der Waals surface area contributed by atoms with Gasteiger partial charge in [0.1, 0.15) is 16.7 Å². The minimum absolute atomic E-state index is 0.0980. The summed E-state index contributed by atoms with van der Waals surface area (Å²) in [5, 5.41) is 8.19. The number of nitrogens with one attached hydrogen (secondary N) is 3. The summed E-state index contributed by atoms with van der Waals surface area (Å²) in [5.74, 6) is -0.296. The summed E-state index contributed by atoms with van der Waals surface area (Å²) in [7, 11) is 0. The normalized spacial score (nSPS) is 11.7. The molecule has 248 valence electrons. The van der Waals surface area contributed by atoms with E-state index in [2.05, 4.69) is 22.9 Å². The molecule has 0 bridgehead atoms. The highest BCUT2D eigenvalue weighted by atomic mass is 32.2. The van der Waals surface area contributed by atoms with Crippen LogP contribution in [0.15, 0.2) is 144 Å². The average molecular weight is 670 g/mol. The number of carbonyl (C=O) groups is 3. The molecule has 1 unspecified atom stereocenters. The van der Waals surface area contributed by atoms with Gasteiger partial charge >= 0.3 is 0 Å². The van der Waals surface area contributed by atoms with Gasteiger partial charge < -0.3 is 20.7 Å². The minimum Gasteiger partial charge on any atom is -0.494 e. The van der Waals surface area contributed by atoms with Gasteiger partial charge in [-0.25, -0.2) is 0 Å². The van der Waals surface area contributed by atoms with Gasteiger partial charge in [0.2, 0.25) is 5.91 Å². The Bertz CT molecular complexity index is 1890. The van der Waals surface area contributed by atoms with E-state index in [0.717, 1.165) is 40.2 Å². The van der Waals surface area contributed by atoms with Crippen molar-refractivity contribution in [1.29, 1.82) is 0 Å². The smallest absolute Gasteiger partial charge is 0.272 e. The van der Waals surface area contributed by atoms with Crippen molar-refractivity contribution in [3.63, 3.8) is 0 Å². The first-order valence-electron chi connectivity index (χ1n) is 16.2. The molecule has 0 spiro atoms. The third kappa shape index (κ3) is 10.4. The van der Waals surface area contributed by atoms with Crippen LogP contribution in [0.5, 0.6) is 5.75 Å². The van der Waals surface area contributed by atoms with Crippen molar-refractivity contribution >= 4 is 46.9 Å². The summed E-state index contributed by atoms with van der Waals surface area (Å²) in [4.78, 5) is 41.2. The highest BCUT2D eigenvalue weighted by Gasteiger charge is 2.23. The van der Waals surface area contributed by atoms with Crippen molar-refractivity contribution in [2.24, 2.45) is 0 Å². The Morgan fingerprint density at radius 1 is 0.755 bits per heavy atom. The Balaban J connectivity index is 1.33. The van der Waals surface area contributed by atoms with E-state index in [9.17, 15) is 14.4 Å². The first-order valence-corrected chi connectivity index (χ1v) is 17.1. The second kappa shape index (κ2) is 17.5. The number of unbranched alkanes of at least 4 members (excludes halogenated alkanes) is 1. The van der Waals surface area contributed by atoms with Crippen molar-refractivity contribution < 1.29 is 19.1 Å². The van der Waals surface area contributed by atoms with Crippen LogP contribution in [0.25, 0.3) is 6.08 Å². The van der Waals surface area contributed by atoms with E-state index in [1.807, 2.05) is 110 Å². The summed E-state index contributed by atoms with van der Waals surface area (Å²) in [5.41, 5.74) is 4.36. The minimum atomic E-state index is -0.574. The topological polar surface area (TPSA) is 96.5 Å². The Hall–Kier alpha value is -5.60. The fourth-order valence-corrected chi connectivity index (χ4v) is 6.01. The second-order valence-corrected chi connectivity index (χ2v) is 12.6. The summed E-state index contributed by atoms with van der Waals surface area (Å²) in [6.07, 6.45) is 3.69. The molecule has 0 saturated heterocycles. The molecule has 0 aliphatic heterocycles. The van der Waals surface area contributed by atoms with Crippen molar-refractivity contribution in [3.8, 4) is 5.75 Å². The fraction of sp³-hybridized carbons (Fsp3) is 0.146. The van der Waals surface area contributed by atoms with Crippen LogP contribution >= 0.6 is 11.8 Å². The van der Waals surface area contributed by atoms with E-state index >= 15 is 0 Å². The van der Waals surface area contributed by atoms with E-state index in [0.29, 0.717) is 23.5 Å². The van der Waals surface area contributed by atoms with Gasteiger partial charge in [0.15, 0.2) is 0 Å². The van der Waals surface area contributed by atoms with E-state index in [4.69, 9.17) is 4.74 Å². The Morgan fingerprint density at radius 2 is 1.47 bits per heavy atom. The third-order valence-corrected chi connectivity index (χ3v) is 8.70. The first-order chi connectivity index (χ1) is 23.9. The maximum Gasteiger partial charge on any atom is 0.272 e. The molecular formula is C41H39N3O4S. The van der Waals surface area contributed by atoms with Crippen LogP contribution in [0.1, 0.15) is 52.1 Å². The van der Waals surface area contributed by atoms with E-state index in [-0.39, 0.29) is 11.6 Å². The van der Waals surface area contributed by atoms with Gasteiger partial charge in [0, 0.05) is 21.8 Å². The maximum atomic E-state index is 13.7. The quantitative estimate of drug-likeness (QED) is 0.0623. The average Bonchev–Trinajstić information content (AvgIpc) is 3.12. The summed E-state index contributed by atoms with van der Waals surface area (Å²) < 4.78 is 5.76. The lowest BCUT2D eigenvalue weighted by Gasteiger charge is -2.18. The molecule has 0 aliphatic carbocycles. The monoisotopic (exact) mass is 669 g/mol. The molecule has 0 saturated carbocycles. The van der Waals surface area contributed by atoms with Crippen LogP contribution in [-0.4, -0.2) is 24.3 Å². The molecule has 0 fully saturated rings. The molecule has 5 aromatic rings. The summed E-state index contributed by atoms with van der Waals surface area (Å²) in [6.45, 7) is 4.73. The molecule has 5 rings (SSSR count). The molecule has 0 heterocycles. The number of hydrogen-bond donors (Lipinski definition) is 3. The molecule has 8 heteroatoms. The largest absolute Gasteiger partial charge is 0.494 e. The molecule has 0 aliphatic rings. The molecule has 1 atom stereocenters. The summed E-state index contributed by atoms with van der Waals surface area (Å²) in [6, 6.07) is 40.7. The lowest BCUT2D eigenvalue weighted by Crippen LogP contribution is -2.30. The zero-order valence-corrected chi connectivity index (χ0v) is 28.3. The van der Waals surface area contributed by atoms with Gasteiger partial charge in [-0.1, -0.05) is 97.8 Å². The molecule has 3 N–H and O–H groups in total. The van der Waals surface area contributed by atoms with E-state index in [1.54, 1.807) is 36.4 Å². The first kappa shape index (κ1) is 34.7. The predicted octanol–water partition coefficient (Wildman–Crippen LogP) is 9.06. The van der Waals surface area contributed by atoms with Crippen LogP contribution in [0.3, 0.4) is 0 Å². The van der Waals surface area contributed by atoms with Gasteiger partial charge in [0.25, 0.3) is 11.8 Å². The third-order valence-electron chi connectivity index (χ3n) is 7.46. The molecule has 0 aromatic heterocycles. The van der Waals surface area contributed by atoms with Gasteiger partial charge in [0.05, 0.1) is 6.61 Å². The lowest BCUT2D eigenvalue weighted by molar-refractivity contribution is -0.116. The number of benzene rings is 5. The van der Waals surface area contributed by atoms with E-state index in [1.165, 1.54) is 11.8 Å². The molecule has 0 radical (unpaired) electrons. The number of thioether (sulfide) groups is 1. The molecule has 3 amide bonds. The van der Waals surface area contributed by atoms with Gasteiger partial charge in [-0.05, 0) is 85.1 Å². The van der Waals surface area contributed by atoms with Crippen LogP contribution in [0.4, 0.5) is 11.4 Å². The SMILES string of the molecule is CCCCOc1ccc(NC(=O)C(Sc2cccc(NC(=O)/C(=C\c3cccc(C)c3)NC(=O)c3ccccc3)c2)c2ccccc2)cc1. The molecule has 7 nitrogen and oxygen atoms in total. The van der Waals surface area contributed by atoms with Gasteiger partial charge in [-0.2, -0.15) is 0 Å². The highest BCUT2D eigenvalue weighted by Crippen LogP contribution is 2.37. The van der Waals surface area contributed by atoms with Crippen LogP contribution in [0.2, 0.25) is 0 Å². The number of hydrogen-bond acceptors (Lipinski definition) is 5. The van der Waals surface area contributed by atoms with Gasteiger partial charge in [-0.3, -0.25) is 14.4 Å². The van der Waals surface area contributed by atoms with Crippen LogP contribution in [0, 0.1) is 6.92 Å². The van der Waals surface area contributed by atoms with Gasteiger partial charge in [-0.15, -0.1) is 11.8 Å². The van der Waals surface area contributed by atoms with E-state index < -0.39 is 17.1 Å². The standard InChI is InChI=1S/C41H39N3O4S/c1-3-4-25-48-35-23-21-33(22-24-35)42-41(47)38(31-15-7-5-8-16-31)49-36-20-12-19-34(28-36)43-40(46)37(27-30-14-11-13-29(2)26-30)44-39(45)32-17-9-6-10-18-32/h5-24,26-28,38H,3-4,25H2,1-2H3,(H,42,47)(H,43,46)(H,44,45)/b37-27+. The Morgan fingerprint density at radius 3 is 2.18 bits per heavy atom. The zero-order valence-electron chi connectivity index (χ0n) is 27.5. The predicted molar refractivity (Wildman–Crippen MR) is 199 cm³/mol. The van der Waals surface area contributed by atoms with Crippen molar-refractivity contribution in [1.82, 2.24) is 5.32 Å². The molecule has 5 aromatic carbocycles. The second-order valence-electron chi connectivity index (χ2n) is 11.4. The summed E-state index contributed by atoms with van der Waals surface area (Å²) >= 11 is 1.38. The number of ether oxygens (including phenoxy) is 1. The Labute approximate surface area is 291 Å². The zero-order chi connectivity index (χ0) is 34.4. The number of carbonyl (C=O) groups excluding carboxylic acids is 3. The number of anilines is 2. The number of aryl methyl sites for hydroxylation is 1. The number of amides is 3. The maximum absolute atomic E-state index is 13.7. The van der Waals surface area contributed by atoms with Crippen molar-refractivity contribution in [2.45, 2.75) is 36.8 Å². The fourth-order valence-electron chi connectivity index (χ4n) is 4.93.